The second kappa shape index (κ2) is 7.01. The molecule has 1 fully saturated rings. The molecule has 0 unspecified atom stereocenters. The molecule has 0 N–H and O–H groups in total. The van der Waals surface area contributed by atoms with Gasteiger partial charge in [0.15, 0.2) is 5.76 Å². The van der Waals surface area contributed by atoms with Crippen LogP contribution >= 0.6 is 0 Å². The summed E-state index contributed by atoms with van der Waals surface area (Å²) in [5.74, 6) is 0.441. The number of rotatable bonds is 4. The molecular formula is C19H22N2O3. The van der Waals surface area contributed by atoms with Gasteiger partial charge in [-0.3, -0.25) is 14.5 Å². The maximum Gasteiger partial charge on any atom is 0.253 e. The summed E-state index contributed by atoms with van der Waals surface area (Å²) in [6.07, 6.45) is 1.51. The van der Waals surface area contributed by atoms with Gasteiger partial charge < -0.3 is 9.32 Å². The quantitative estimate of drug-likeness (QED) is 0.810. The molecule has 0 aliphatic carbocycles. The standard InChI is InChI=1S/C19H22N2O3/c1-14-10-15(2)12-16(11-14)19(23)21-7-5-20(6-8-21)13-17(22)18-4-3-9-24-18/h3-4,9-12H,5-8,13H2,1-2H3. The van der Waals surface area contributed by atoms with Crippen LogP contribution in [0.4, 0.5) is 0 Å². The first-order valence-electron chi connectivity index (χ1n) is 8.19. The minimum Gasteiger partial charge on any atom is -0.461 e. The van der Waals surface area contributed by atoms with E-state index in [2.05, 4.69) is 11.0 Å². The summed E-state index contributed by atoms with van der Waals surface area (Å²) >= 11 is 0. The van der Waals surface area contributed by atoms with Gasteiger partial charge in [-0.15, -0.1) is 0 Å². The average Bonchev–Trinajstić information content (AvgIpc) is 3.08. The Hall–Kier alpha value is -2.40. The lowest BCUT2D eigenvalue weighted by Crippen LogP contribution is -2.49. The smallest absolute Gasteiger partial charge is 0.253 e. The summed E-state index contributed by atoms with van der Waals surface area (Å²) in [4.78, 5) is 28.6. The molecule has 0 spiro atoms. The monoisotopic (exact) mass is 326 g/mol. The van der Waals surface area contributed by atoms with Crippen molar-refractivity contribution in [1.29, 1.82) is 0 Å². The van der Waals surface area contributed by atoms with Crippen LogP contribution in [0.5, 0.6) is 0 Å². The van der Waals surface area contributed by atoms with E-state index in [4.69, 9.17) is 4.42 Å². The Labute approximate surface area is 141 Å². The van der Waals surface area contributed by atoms with Crippen LogP contribution in [0.3, 0.4) is 0 Å². The Balaban J connectivity index is 1.56. The molecule has 3 rings (SSSR count). The van der Waals surface area contributed by atoms with E-state index in [1.807, 2.05) is 30.9 Å². The molecule has 1 aromatic carbocycles. The molecule has 24 heavy (non-hydrogen) atoms. The van der Waals surface area contributed by atoms with E-state index in [1.54, 1.807) is 12.1 Å². The number of ketones is 1. The van der Waals surface area contributed by atoms with Gasteiger partial charge >= 0.3 is 0 Å². The van der Waals surface area contributed by atoms with Gasteiger partial charge in [0.05, 0.1) is 12.8 Å². The predicted molar refractivity (Wildman–Crippen MR) is 91.3 cm³/mol. The van der Waals surface area contributed by atoms with Crippen LogP contribution < -0.4 is 0 Å². The molecule has 5 heteroatoms. The topological polar surface area (TPSA) is 53.8 Å². The number of furan rings is 1. The fourth-order valence-electron chi connectivity index (χ4n) is 3.11. The SMILES string of the molecule is Cc1cc(C)cc(C(=O)N2CCN(CC(=O)c3ccco3)CC2)c1. The van der Waals surface area contributed by atoms with Crippen molar-refractivity contribution in [2.24, 2.45) is 0 Å². The zero-order valence-electron chi connectivity index (χ0n) is 14.1. The molecule has 5 nitrogen and oxygen atoms in total. The predicted octanol–water partition coefficient (Wildman–Crippen LogP) is 2.54. The summed E-state index contributed by atoms with van der Waals surface area (Å²) < 4.78 is 5.14. The van der Waals surface area contributed by atoms with Crippen LogP contribution in [0.15, 0.2) is 41.0 Å². The molecular weight excluding hydrogens is 304 g/mol. The number of aryl methyl sites for hydroxylation is 2. The van der Waals surface area contributed by atoms with Crippen molar-refractivity contribution in [2.75, 3.05) is 32.7 Å². The van der Waals surface area contributed by atoms with Gasteiger partial charge in [-0.2, -0.15) is 0 Å². The van der Waals surface area contributed by atoms with E-state index < -0.39 is 0 Å². The van der Waals surface area contributed by atoms with E-state index in [0.29, 0.717) is 38.5 Å². The van der Waals surface area contributed by atoms with E-state index >= 15 is 0 Å². The van der Waals surface area contributed by atoms with Crippen LogP contribution in [0.25, 0.3) is 0 Å². The summed E-state index contributed by atoms with van der Waals surface area (Å²) in [7, 11) is 0. The molecule has 0 radical (unpaired) electrons. The highest BCUT2D eigenvalue weighted by Crippen LogP contribution is 2.14. The molecule has 1 aliphatic heterocycles. The molecule has 0 saturated carbocycles. The molecule has 2 heterocycles. The van der Waals surface area contributed by atoms with Gasteiger partial charge in [0, 0.05) is 31.7 Å². The first-order valence-corrected chi connectivity index (χ1v) is 8.19. The lowest BCUT2D eigenvalue weighted by molar-refractivity contribution is 0.0620. The highest BCUT2D eigenvalue weighted by molar-refractivity contribution is 5.95. The van der Waals surface area contributed by atoms with Gasteiger partial charge in [-0.25, -0.2) is 0 Å². The Bertz CT molecular complexity index is 709. The molecule has 2 aromatic rings. The fraction of sp³-hybridized carbons (Fsp3) is 0.368. The van der Waals surface area contributed by atoms with E-state index in [-0.39, 0.29) is 11.7 Å². The van der Waals surface area contributed by atoms with Crippen LogP contribution in [0.1, 0.15) is 32.0 Å². The molecule has 0 atom stereocenters. The van der Waals surface area contributed by atoms with Crippen molar-refractivity contribution in [3.8, 4) is 0 Å². The summed E-state index contributed by atoms with van der Waals surface area (Å²) in [5, 5.41) is 0. The van der Waals surface area contributed by atoms with Gasteiger partial charge in [0.25, 0.3) is 5.91 Å². The number of Topliss-reactive ketones (excluding diaryl/α,β-unsaturated/α-hetero) is 1. The highest BCUT2D eigenvalue weighted by atomic mass is 16.3. The first-order chi connectivity index (χ1) is 11.5. The third kappa shape index (κ3) is 3.74. The lowest BCUT2D eigenvalue weighted by Gasteiger charge is -2.34. The summed E-state index contributed by atoms with van der Waals surface area (Å²) in [5.41, 5.74) is 2.94. The minimum atomic E-state index is -0.0194. The molecule has 1 saturated heterocycles. The fourth-order valence-corrected chi connectivity index (χ4v) is 3.11. The van der Waals surface area contributed by atoms with Crippen LogP contribution in [0, 0.1) is 13.8 Å². The van der Waals surface area contributed by atoms with Crippen molar-refractivity contribution >= 4 is 11.7 Å². The largest absolute Gasteiger partial charge is 0.461 e. The molecule has 1 amide bonds. The minimum absolute atomic E-state index is 0.0194. The second-order valence-corrected chi connectivity index (χ2v) is 6.35. The normalized spacial score (nSPS) is 15.5. The third-order valence-corrected chi connectivity index (χ3v) is 4.29. The number of hydrogen-bond acceptors (Lipinski definition) is 4. The van der Waals surface area contributed by atoms with Crippen molar-refractivity contribution < 1.29 is 14.0 Å². The van der Waals surface area contributed by atoms with Crippen molar-refractivity contribution in [1.82, 2.24) is 9.80 Å². The Morgan fingerprint density at radius 3 is 2.29 bits per heavy atom. The number of benzene rings is 1. The highest BCUT2D eigenvalue weighted by Gasteiger charge is 2.24. The number of carbonyl (C=O) groups is 2. The second-order valence-electron chi connectivity index (χ2n) is 6.35. The van der Waals surface area contributed by atoms with Crippen LogP contribution in [0.2, 0.25) is 0 Å². The van der Waals surface area contributed by atoms with E-state index in [1.165, 1.54) is 6.26 Å². The Kier molecular flexibility index (Phi) is 4.81. The number of nitrogens with zero attached hydrogens (tertiary/aromatic N) is 2. The van der Waals surface area contributed by atoms with Crippen molar-refractivity contribution in [2.45, 2.75) is 13.8 Å². The van der Waals surface area contributed by atoms with Crippen molar-refractivity contribution in [3.05, 3.63) is 59.0 Å². The zero-order valence-corrected chi connectivity index (χ0v) is 14.1. The van der Waals surface area contributed by atoms with Crippen LogP contribution in [-0.4, -0.2) is 54.2 Å². The maximum atomic E-state index is 12.6. The lowest BCUT2D eigenvalue weighted by atomic mass is 10.1. The van der Waals surface area contributed by atoms with E-state index in [9.17, 15) is 9.59 Å². The number of hydrogen-bond donors (Lipinski definition) is 0. The van der Waals surface area contributed by atoms with E-state index in [0.717, 1.165) is 16.7 Å². The van der Waals surface area contributed by atoms with Crippen LogP contribution in [-0.2, 0) is 0 Å². The number of amides is 1. The summed E-state index contributed by atoms with van der Waals surface area (Å²) in [6.45, 7) is 7.00. The van der Waals surface area contributed by atoms with Gasteiger partial charge in [-0.1, -0.05) is 17.2 Å². The first kappa shape index (κ1) is 16.5. The molecule has 1 aliphatic rings. The molecule has 126 valence electrons. The van der Waals surface area contributed by atoms with Gasteiger partial charge in [-0.05, 0) is 38.1 Å². The molecule has 0 bridgehead atoms. The third-order valence-electron chi connectivity index (χ3n) is 4.29. The Morgan fingerprint density at radius 1 is 1.04 bits per heavy atom. The average molecular weight is 326 g/mol. The van der Waals surface area contributed by atoms with Crippen molar-refractivity contribution in [3.63, 3.8) is 0 Å². The number of carbonyl (C=O) groups excluding carboxylic acids is 2. The molecule has 1 aromatic heterocycles. The van der Waals surface area contributed by atoms with Gasteiger partial charge in [0.2, 0.25) is 5.78 Å². The zero-order chi connectivity index (χ0) is 17.1. The van der Waals surface area contributed by atoms with Gasteiger partial charge in [0.1, 0.15) is 0 Å². The number of piperazine rings is 1. The Morgan fingerprint density at radius 2 is 1.71 bits per heavy atom. The summed E-state index contributed by atoms with van der Waals surface area (Å²) in [6, 6.07) is 9.33. The maximum absolute atomic E-state index is 12.6.